The molecule has 0 spiro atoms. The second-order valence-electron chi connectivity index (χ2n) is 4.77. The molecule has 0 radical (unpaired) electrons. The lowest BCUT2D eigenvalue weighted by atomic mass is 9.86. The molecule has 0 saturated heterocycles. The number of hydrogen-bond acceptors (Lipinski definition) is 6. The van der Waals surface area contributed by atoms with Crippen LogP contribution in [0, 0.1) is 5.41 Å². The molecule has 0 bridgehead atoms. The van der Waals surface area contributed by atoms with Crippen LogP contribution in [0.5, 0.6) is 0 Å². The molecule has 2 unspecified atom stereocenters. The summed E-state index contributed by atoms with van der Waals surface area (Å²) in [7, 11) is 0. The fourth-order valence-corrected chi connectivity index (χ4v) is 0.965. The van der Waals surface area contributed by atoms with Gasteiger partial charge in [-0.3, -0.25) is 9.59 Å². The average Bonchev–Trinajstić information content (AvgIpc) is 2.35. The fourth-order valence-electron chi connectivity index (χ4n) is 0.965. The smallest absolute Gasteiger partial charge is 0.323 e. The van der Waals surface area contributed by atoms with Crippen LogP contribution in [-0.4, -0.2) is 51.2 Å². The Morgan fingerprint density at radius 1 is 1.26 bits per heavy atom. The van der Waals surface area contributed by atoms with Crippen LogP contribution in [0.25, 0.3) is 0 Å². The predicted molar refractivity (Wildman–Crippen MR) is 67.7 cm³/mol. The summed E-state index contributed by atoms with van der Waals surface area (Å²) in [6, 6.07) is -1.81. The molecule has 0 heterocycles. The fraction of sp³-hybridized carbons (Fsp3) is 0.818. The number of nitrogens with two attached hydrogens (primary N) is 1. The third-order valence-corrected chi connectivity index (χ3v) is 2.55. The van der Waals surface area contributed by atoms with Crippen molar-refractivity contribution in [3.63, 3.8) is 0 Å². The van der Waals surface area contributed by atoms with Crippen LogP contribution >= 0.6 is 0 Å². The Morgan fingerprint density at radius 2 is 1.74 bits per heavy atom. The molecule has 0 aliphatic heterocycles. The number of aliphatic carboxylic acids is 2. The quantitative estimate of drug-likeness (QED) is 0.345. The standard InChI is InChI=1S/C6H13NO3.C5H11NO3/c1-6(2,3-8)4(7)5(9)10;1-2-3-4(6-9)5(7)8/h4,8H,3,7H2,1-2H3,(H,9,10);4,6,9H,2-3H2,1H3,(H,7,8). The summed E-state index contributed by atoms with van der Waals surface area (Å²) in [5, 5.41) is 33.6. The minimum atomic E-state index is -1.08. The topological polar surface area (TPSA) is 153 Å². The van der Waals surface area contributed by atoms with Crippen LogP contribution in [0.2, 0.25) is 0 Å². The van der Waals surface area contributed by atoms with Crippen molar-refractivity contribution in [2.24, 2.45) is 11.1 Å². The number of hydroxylamine groups is 1. The van der Waals surface area contributed by atoms with Crippen molar-refractivity contribution in [1.82, 2.24) is 5.48 Å². The van der Waals surface area contributed by atoms with E-state index in [0.717, 1.165) is 6.42 Å². The molecule has 0 rings (SSSR count). The van der Waals surface area contributed by atoms with Crippen LogP contribution in [-0.2, 0) is 9.59 Å². The minimum absolute atomic E-state index is 0.222. The van der Waals surface area contributed by atoms with Gasteiger partial charge < -0.3 is 26.3 Å². The first-order valence-corrected chi connectivity index (χ1v) is 5.85. The summed E-state index contributed by atoms with van der Waals surface area (Å²) in [6.45, 7) is 4.84. The number of rotatable bonds is 7. The van der Waals surface area contributed by atoms with E-state index in [1.54, 1.807) is 19.3 Å². The number of carboxylic acid groups (broad SMARTS) is 2. The highest BCUT2D eigenvalue weighted by Gasteiger charge is 2.30. The van der Waals surface area contributed by atoms with Gasteiger partial charge in [0.2, 0.25) is 0 Å². The van der Waals surface area contributed by atoms with Crippen LogP contribution in [0.3, 0.4) is 0 Å². The first-order chi connectivity index (χ1) is 8.63. The molecule has 0 aliphatic carbocycles. The Bertz CT molecular complexity index is 282. The molecule has 0 amide bonds. The van der Waals surface area contributed by atoms with Gasteiger partial charge in [-0.2, -0.15) is 5.48 Å². The zero-order chi connectivity index (χ0) is 15.6. The lowest BCUT2D eigenvalue weighted by Gasteiger charge is -2.25. The normalized spacial score (nSPS) is 14.0. The molecule has 0 aliphatic rings. The summed E-state index contributed by atoms with van der Waals surface area (Å²) in [6.07, 6.45) is 1.19. The highest BCUT2D eigenvalue weighted by Crippen LogP contribution is 2.17. The zero-order valence-corrected chi connectivity index (χ0v) is 11.5. The first kappa shape index (κ1) is 20.1. The summed E-state index contributed by atoms with van der Waals surface area (Å²) >= 11 is 0. The molecule has 114 valence electrons. The van der Waals surface area contributed by atoms with Crippen LogP contribution in [0.1, 0.15) is 33.6 Å². The minimum Gasteiger partial charge on any atom is -0.480 e. The number of carboxylic acids is 2. The second-order valence-corrected chi connectivity index (χ2v) is 4.77. The zero-order valence-electron chi connectivity index (χ0n) is 11.5. The van der Waals surface area contributed by atoms with Crippen LogP contribution in [0.4, 0.5) is 0 Å². The van der Waals surface area contributed by atoms with Crippen molar-refractivity contribution < 1.29 is 30.1 Å². The molecule has 0 fully saturated rings. The summed E-state index contributed by atoms with van der Waals surface area (Å²) < 4.78 is 0. The Morgan fingerprint density at radius 3 is 1.84 bits per heavy atom. The van der Waals surface area contributed by atoms with Crippen molar-refractivity contribution in [3.8, 4) is 0 Å². The number of nitrogens with one attached hydrogen (secondary N) is 1. The Balaban J connectivity index is 0. The molecule has 0 aromatic heterocycles. The van der Waals surface area contributed by atoms with Gasteiger partial charge >= 0.3 is 11.9 Å². The highest BCUT2D eigenvalue weighted by molar-refractivity contribution is 5.74. The van der Waals surface area contributed by atoms with E-state index in [0.29, 0.717) is 6.42 Å². The van der Waals surface area contributed by atoms with Crippen molar-refractivity contribution in [1.29, 1.82) is 0 Å². The van der Waals surface area contributed by atoms with E-state index < -0.39 is 29.4 Å². The largest absolute Gasteiger partial charge is 0.480 e. The van der Waals surface area contributed by atoms with E-state index in [1.165, 1.54) is 0 Å². The lowest BCUT2D eigenvalue weighted by molar-refractivity contribution is -0.143. The van der Waals surface area contributed by atoms with Crippen molar-refractivity contribution >= 4 is 11.9 Å². The Hall–Kier alpha value is -1.22. The molecule has 0 aromatic rings. The number of aliphatic hydroxyl groups excluding tert-OH is 1. The second kappa shape index (κ2) is 9.68. The van der Waals surface area contributed by atoms with Gasteiger partial charge in [-0.25, -0.2) is 0 Å². The van der Waals surface area contributed by atoms with Gasteiger partial charge in [0, 0.05) is 5.41 Å². The van der Waals surface area contributed by atoms with Crippen molar-refractivity contribution in [3.05, 3.63) is 0 Å². The van der Waals surface area contributed by atoms with E-state index in [9.17, 15) is 9.59 Å². The maximum absolute atomic E-state index is 10.3. The highest BCUT2D eigenvalue weighted by atomic mass is 16.5. The number of hydrogen-bond donors (Lipinski definition) is 6. The van der Waals surface area contributed by atoms with Crippen LogP contribution in [0.15, 0.2) is 0 Å². The monoisotopic (exact) mass is 280 g/mol. The van der Waals surface area contributed by atoms with Gasteiger partial charge in [-0.15, -0.1) is 0 Å². The number of aliphatic hydroxyl groups is 1. The maximum atomic E-state index is 10.3. The Labute approximate surface area is 112 Å². The van der Waals surface area contributed by atoms with Crippen LogP contribution < -0.4 is 11.2 Å². The van der Waals surface area contributed by atoms with E-state index in [2.05, 4.69) is 0 Å². The third kappa shape index (κ3) is 8.49. The predicted octanol–water partition coefficient (Wildman–Crippen LogP) is -0.365. The third-order valence-electron chi connectivity index (χ3n) is 2.55. The molecular weight excluding hydrogens is 256 g/mol. The molecule has 0 saturated carbocycles. The molecule has 8 heteroatoms. The van der Waals surface area contributed by atoms with Gasteiger partial charge in [0.1, 0.15) is 12.1 Å². The van der Waals surface area contributed by atoms with Crippen molar-refractivity contribution in [2.45, 2.75) is 45.7 Å². The molecule has 19 heavy (non-hydrogen) atoms. The van der Waals surface area contributed by atoms with E-state index in [4.69, 9.17) is 26.3 Å². The molecule has 0 aromatic carbocycles. The average molecular weight is 280 g/mol. The van der Waals surface area contributed by atoms with Gasteiger partial charge in [-0.1, -0.05) is 27.2 Å². The Kier molecular flexibility index (Phi) is 10.2. The van der Waals surface area contributed by atoms with E-state index in [-0.39, 0.29) is 6.61 Å². The van der Waals surface area contributed by atoms with Crippen molar-refractivity contribution in [2.75, 3.05) is 6.61 Å². The summed E-state index contributed by atoms with van der Waals surface area (Å²) in [5.74, 6) is -2.10. The number of carbonyl (C=O) groups is 2. The van der Waals surface area contributed by atoms with E-state index >= 15 is 0 Å². The van der Waals surface area contributed by atoms with E-state index in [1.807, 2.05) is 6.92 Å². The SMILES string of the molecule is CC(C)(CO)C(N)C(=O)O.CCCC(NO)C(=O)O. The summed E-state index contributed by atoms with van der Waals surface area (Å²) in [5.41, 5.74) is 6.20. The van der Waals surface area contributed by atoms with Gasteiger partial charge in [-0.05, 0) is 6.42 Å². The summed E-state index contributed by atoms with van der Waals surface area (Å²) in [4.78, 5) is 20.4. The van der Waals surface area contributed by atoms with Gasteiger partial charge in [0.05, 0.1) is 6.61 Å². The molecule has 7 N–H and O–H groups in total. The molecular formula is C11H24N2O6. The van der Waals surface area contributed by atoms with Gasteiger partial charge in [0.25, 0.3) is 0 Å². The molecule has 8 nitrogen and oxygen atoms in total. The maximum Gasteiger partial charge on any atom is 0.323 e. The first-order valence-electron chi connectivity index (χ1n) is 5.85. The van der Waals surface area contributed by atoms with Gasteiger partial charge in [0.15, 0.2) is 0 Å². The molecule has 2 atom stereocenters. The lowest BCUT2D eigenvalue weighted by Crippen LogP contribution is -2.45.